The Morgan fingerprint density at radius 3 is 2.46 bits per heavy atom. The van der Waals surface area contributed by atoms with Gasteiger partial charge in [0.05, 0.1) is 10.8 Å². The Hall–Kier alpha value is -3.41. The van der Waals surface area contributed by atoms with E-state index in [0.717, 1.165) is 22.4 Å². The van der Waals surface area contributed by atoms with E-state index in [2.05, 4.69) is 0 Å². The number of phenolic OH excluding ortho intramolecular Hbond substituents is 3. The lowest BCUT2D eigenvalue weighted by atomic mass is 10.1. The molecule has 0 saturated heterocycles. The third-order valence-corrected chi connectivity index (χ3v) is 4.40. The van der Waals surface area contributed by atoms with E-state index in [1.165, 1.54) is 0 Å². The second-order valence-electron chi connectivity index (χ2n) is 5.77. The van der Waals surface area contributed by atoms with Gasteiger partial charge < -0.3 is 24.8 Å². The van der Waals surface area contributed by atoms with Crippen LogP contribution >= 0.6 is 0 Å². The standard InChI is InChI=1S/C18H11NO5/c20-14-6-15(21)18(22)11-4-13-10-5-17-16(23-8-24-17)3-9(10)1-2-19(13)7-12(11)14/h1-7H,8H2,(H2,20,21,22)/p+1. The second kappa shape index (κ2) is 4.32. The van der Waals surface area contributed by atoms with Crippen molar-refractivity contribution in [3.05, 3.63) is 42.7 Å². The molecule has 1 aliphatic heterocycles. The van der Waals surface area contributed by atoms with E-state index in [1.54, 1.807) is 12.3 Å². The molecule has 0 atom stereocenters. The van der Waals surface area contributed by atoms with Crippen LogP contribution in [0.15, 0.2) is 42.7 Å². The van der Waals surface area contributed by atoms with Gasteiger partial charge in [-0.25, -0.2) is 0 Å². The second-order valence-corrected chi connectivity index (χ2v) is 5.77. The molecule has 24 heavy (non-hydrogen) atoms. The molecule has 0 amide bonds. The lowest BCUT2D eigenvalue weighted by Crippen LogP contribution is -2.20. The highest BCUT2D eigenvalue weighted by Crippen LogP contribution is 2.41. The zero-order chi connectivity index (χ0) is 16.4. The smallest absolute Gasteiger partial charge is 0.231 e. The summed E-state index contributed by atoms with van der Waals surface area (Å²) < 4.78 is 12.7. The molecular formula is C18H12NO5+. The SMILES string of the molecule is Oc1cc(O)c2c[n+]3ccc4cc5c(cc4c3cc2c1O)OCO5. The molecule has 2 aromatic carbocycles. The summed E-state index contributed by atoms with van der Waals surface area (Å²) in [6.45, 7) is 0.197. The number of nitrogens with zero attached hydrogens (tertiary/aromatic N) is 1. The van der Waals surface area contributed by atoms with Gasteiger partial charge in [0.1, 0.15) is 5.75 Å². The number of rotatable bonds is 0. The van der Waals surface area contributed by atoms with Crippen LogP contribution in [-0.2, 0) is 0 Å². The summed E-state index contributed by atoms with van der Waals surface area (Å²) in [6, 6.07) is 8.59. The van der Waals surface area contributed by atoms with Crippen LogP contribution in [0.5, 0.6) is 28.7 Å². The maximum atomic E-state index is 10.2. The Morgan fingerprint density at radius 1 is 0.833 bits per heavy atom. The van der Waals surface area contributed by atoms with Crippen LogP contribution in [0.2, 0.25) is 0 Å². The minimum Gasteiger partial charge on any atom is -0.507 e. The van der Waals surface area contributed by atoms with E-state index in [1.807, 2.05) is 28.8 Å². The lowest BCUT2D eigenvalue weighted by molar-refractivity contribution is -0.509. The molecule has 0 spiro atoms. The maximum absolute atomic E-state index is 10.2. The largest absolute Gasteiger partial charge is 0.507 e. The van der Waals surface area contributed by atoms with Crippen molar-refractivity contribution in [1.29, 1.82) is 0 Å². The molecule has 1 aliphatic rings. The zero-order valence-electron chi connectivity index (χ0n) is 12.4. The first-order chi connectivity index (χ1) is 11.6. The molecule has 3 N–H and O–H groups in total. The molecular weight excluding hydrogens is 310 g/mol. The van der Waals surface area contributed by atoms with Gasteiger partial charge in [0.25, 0.3) is 0 Å². The van der Waals surface area contributed by atoms with Crippen molar-refractivity contribution < 1.29 is 29.2 Å². The summed E-state index contributed by atoms with van der Waals surface area (Å²) in [5.41, 5.74) is 0.804. The third-order valence-electron chi connectivity index (χ3n) is 4.40. The van der Waals surface area contributed by atoms with E-state index < -0.39 is 0 Å². The molecule has 0 saturated carbocycles. The van der Waals surface area contributed by atoms with Gasteiger partial charge in [-0.1, -0.05) is 0 Å². The van der Waals surface area contributed by atoms with Crippen molar-refractivity contribution in [3.63, 3.8) is 0 Å². The number of pyridine rings is 2. The summed E-state index contributed by atoms with van der Waals surface area (Å²) in [4.78, 5) is 0. The molecule has 0 bridgehead atoms. The monoisotopic (exact) mass is 322 g/mol. The molecule has 6 nitrogen and oxygen atoms in total. The molecule has 6 heteroatoms. The number of benzene rings is 2. The zero-order valence-corrected chi connectivity index (χ0v) is 12.4. The minimum absolute atomic E-state index is 0.0968. The van der Waals surface area contributed by atoms with Gasteiger partial charge in [-0.3, -0.25) is 0 Å². The molecule has 2 aromatic heterocycles. The van der Waals surface area contributed by atoms with Gasteiger partial charge in [0.15, 0.2) is 35.4 Å². The predicted octanol–water partition coefficient (Wildman–Crippen LogP) is 2.58. The number of hydrogen-bond acceptors (Lipinski definition) is 5. The van der Waals surface area contributed by atoms with Crippen molar-refractivity contribution in [1.82, 2.24) is 0 Å². The van der Waals surface area contributed by atoms with E-state index >= 15 is 0 Å². The van der Waals surface area contributed by atoms with Gasteiger partial charge in [-0.05, 0) is 17.5 Å². The van der Waals surface area contributed by atoms with Crippen LogP contribution in [0.1, 0.15) is 0 Å². The first kappa shape index (κ1) is 13.1. The summed E-state index contributed by atoms with van der Waals surface area (Å²) in [5, 5.41) is 32.7. The summed E-state index contributed by atoms with van der Waals surface area (Å²) in [6.07, 6.45) is 3.58. The molecule has 0 unspecified atom stereocenters. The Balaban J connectivity index is 1.96. The first-order valence-corrected chi connectivity index (χ1v) is 7.37. The molecule has 5 rings (SSSR count). The number of ether oxygens (including phenoxy) is 2. The van der Waals surface area contributed by atoms with Crippen LogP contribution in [0.25, 0.3) is 27.1 Å². The molecule has 3 heterocycles. The summed E-state index contributed by atoms with van der Waals surface area (Å²) in [5.74, 6) is 0.648. The van der Waals surface area contributed by atoms with E-state index in [9.17, 15) is 15.3 Å². The van der Waals surface area contributed by atoms with Crippen molar-refractivity contribution in [2.75, 3.05) is 6.79 Å². The fraction of sp³-hybridized carbons (Fsp3) is 0.0556. The Morgan fingerprint density at radius 2 is 1.62 bits per heavy atom. The van der Waals surface area contributed by atoms with Crippen molar-refractivity contribution in [3.8, 4) is 28.7 Å². The van der Waals surface area contributed by atoms with Gasteiger partial charge >= 0.3 is 0 Å². The number of phenols is 3. The van der Waals surface area contributed by atoms with Gasteiger partial charge in [0, 0.05) is 23.6 Å². The fourth-order valence-corrected chi connectivity index (χ4v) is 3.20. The van der Waals surface area contributed by atoms with Crippen molar-refractivity contribution >= 4 is 27.1 Å². The Bertz CT molecular complexity index is 1170. The number of aromatic nitrogens is 1. The van der Waals surface area contributed by atoms with E-state index in [-0.39, 0.29) is 24.0 Å². The highest BCUT2D eigenvalue weighted by Gasteiger charge is 2.20. The quantitative estimate of drug-likeness (QED) is 0.152. The van der Waals surface area contributed by atoms with Crippen LogP contribution in [0, 0.1) is 0 Å². The van der Waals surface area contributed by atoms with Gasteiger partial charge in [-0.2, -0.15) is 4.40 Å². The average molecular weight is 322 g/mol. The maximum Gasteiger partial charge on any atom is 0.231 e. The number of fused-ring (bicyclic) bond motifs is 5. The van der Waals surface area contributed by atoms with Crippen molar-refractivity contribution in [2.45, 2.75) is 0 Å². The van der Waals surface area contributed by atoms with Crippen LogP contribution in [0.4, 0.5) is 0 Å². The molecule has 0 radical (unpaired) electrons. The van der Waals surface area contributed by atoms with E-state index in [0.29, 0.717) is 22.3 Å². The Kier molecular flexibility index (Phi) is 2.35. The molecule has 4 aromatic rings. The number of aromatic hydroxyl groups is 3. The highest BCUT2D eigenvalue weighted by molar-refractivity contribution is 6.02. The summed E-state index contributed by atoms with van der Waals surface area (Å²) >= 11 is 0. The normalized spacial score (nSPS) is 13.2. The van der Waals surface area contributed by atoms with Gasteiger partial charge in [-0.15, -0.1) is 0 Å². The Labute approximate surface area is 135 Å². The average Bonchev–Trinajstić information content (AvgIpc) is 3.04. The minimum atomic E-state index is -0.359. The fourth-order valence-electron chi connectivity index (χ4n) is 3.20. The first-order valence-electron chi connectivity index (χ1n) is 7.37. The van der Waals surface area contributed by atoms with Crippen LogP contribution in [0.3, 0.4) is 0 Å². The van der Waals surface area contributed by atoms with Crippen molar-refractivity contribution in [2.24, 2.45) is 0 Å². The predicted molar refractivity (Wildman–Crippen MR) is 85.7 cm³/mol. The molecule has 118 valence electrons. The van der Waals surface area contributed by atoms with E-state index in [4.69, 9.17) is 9.47 Å². The highest BCUT2D eigenvalue weighted by atomic mass is 16.7. The lowest BCUT2D eigenvalue weighted by Gasteiger charge is -2.06. The topological polar surface area (TPSA) is 83.3 Å². The van der Waals surface area contributed by atoms with Crippen LogP contribution in [-0.4, -0.2) is 22.1 Å². The van der Waals surface area contributed by atoms with Gasteiger partial charge in [0.2, 0.25) is 12.3 Å². The molecule has 0 fully saturated rings. The summed E-state index contributed by atoms with van der Waals surface area (Å²) in [7, 11) is 0. The molecule has 0 aliphatic carbocycles. The number of hydrogen-bond donors (Lipinski definition) is 3. The third kappa shape index (κ3) is 1.62. The van der Waals surface area contributed by atoms with Crippen LogP contribution < -0.4 is 13.9 Å².